The SMILES string of the molecule is Cc1cccc(CNC(=O)c2nn(C)c3c2CN(S(=O)(=O)c2ccc(Cl)cc2)CC3)c1. The molecule has 1 aliphatic rings. The van der Waals surface area contributed by atoms with Gasteiger partial charge in [0.05, 0.1) is 4.90 Å². The van der Waals surface area contributed by atoms with Crippen LogP contribution in [0.3, 0.4) is 0 Å². The Bertz CT molecular complexity index is 1240. The summed E-state index contributed by atoms with van der Waals surface area (Å²) in [6.45, 7) is 2.79. The molecule has 1 amide bonds. The number of benzene rings is 2. The van der Waals surface area contributed by atoms with Gasteiger partial charge < -0.3 is 5.32 Å². The number of aryl methyl sites for hydroxylation is 2. The molecular formula is C22H23ClN4O3S. The third-order valence-electron chi connectivity index (χ3n) is 5.41. The first-order valence-corrected chi connectivity index (χ1v) is 11.7. The van der Waals surface area contributed by atoms with Gasteiger partial charge in [-0.3, -0.25) is 9.48 Å². The maximum Gasteiger partial charge on any atom is 0.272 e. The fourth-order valence-electron chi connectivity index (χ4n) is 3.80. The number of nitrogens with zero attached hydrogens (tertiary/aromatic N) is 3. The minimum Gasteiger partial charge on any atom is -0.347 e. The highest BCUT2D eigenvalue weighted by atomic mass is 35.5. The number of fused-ring (bicyclic) bond motifs is 1. The van der Waals surface area contributed by atoms with E-state index in [9.17, 15) is 13.2 Å². The topological polar surface area (TPSA) is 84.3 Å². The predicted octanol–water partition coefficient (Wildman–Crippen LogP) is 3.06. The first-order valence-electron chi connectivity index (χ1n) is 9.90. The highest BCUT2D eigenvalue weighted by molar-refractivity contribution is 7.89. The summed E-state index contributed by atoms with van der Waals surface area (Å²) < 4.78 is 29.2. The quantitative estimate of drug-likeness (QED) is 0.636. The van der Waals surface area contributed by atoms with Gasteiger partial charge in [0.15, 0.2) is 5.69 Å². The fourth-order valence-corrected chi connectivity index (χ4v) is 5.33. The van der Waals surface area contributed by atoms with Crippen molar-refractivity contribution in [3.05, 3.63) is 81.6 Å². The van der Waals surface area contributed by atoms with E-state index >= 15 is 0 Å². The Balaban J connectivity index is 1.56. The zero-order valence-electron chi connectivity index (χ0n) is 17.3. The molecule has 7 nitrogen and oxygen atoms in total. The van der Waals surface area contributed by atoms with Crippen LogP contribution in [0.15, 0.2) is 53.4 Å². The molecule has 0 saturated heterocycles. The van der Waals surface area contributed by atoms with Crippen LogP contribution in [0.1, 0.15) is 32.9 Å². The number of rotatable bonds is 5. The molecule has 0 radical (unpaired) electrons. The van der Waals surface area contributed by atoms with Crippen molar-refractivity contribution in [2.75, 3.05) is 6.54 Å². The molecule has 3 aromatic rings. The van der Waals surface area contributed by atoms with E-state index in [0.717, 1.165) is 16.8 Å². The van der Waals surface area contributed by atoms with Gasteiger partial charge in [-0.2, -0.15) is 9.40 Å². The maximum atomic E-state index is 13.1. The summed E-state index contributed by atoms with van der Waals surface area (Å²) in [5.74, 6) is -0.316. The molecule has 0 saturated carbocycles. The van der Waals surface area contributed by atoms with Crippen LogP contribution in [0.25, 0.3) is 0 Å². The van der Waals surface area contributed by atoms with Gasteiger partial charge in [-0.15, -0.1) is 0 Å². The average molecular weight is 459 g/mol. The van der Waals surface area contributed by atoms with Crippen molar-refractivity contribution >= 4 is 27.5 Å². The normalized spacial score (nSPS) is 14.3. The molecule has 9 heteroatoms. The number of aromatic nitrogens is 2. The minimum atomic E-state index is -3.71. The monoisotopic (exact) mass is 458 g/mol. The van der Waals surface area contributed by atoms with Crippen LogP contribution < -0.4 is 5.32 Å². The molecule has 0 aliphatic carbocycles. The number of sulfonamides is 1. The van der Waals surface area contributed by atoms with Crippen molar-refractivity contribution in [1.82, 2.24) is 19.4 Å². The molecular weight excluding hydrogens is 436 g/mol. The van der Waals surface area contributed by atoms with Gasteiger partial charge in [0, 0.05) is 49.4 Å². The van der Waals surface area contributed by atoms with Crippen molar-refractivity contribution in [2.45, 2.75) is 31.3 Å². The summed E-state index contributed by atoms with van der Waals surface area (Å²) in [5.41, 5.74) is 3.90. The molecule has 0 unspecified atom stereocenters. The molecule has 0 spiro atoms. The lowest BCUT2D eigenvalue weighted by molar-refractivity contribution is 0.0943. The van der Waals surface area contributed by atoms with Crippen LogP contribution >= 0.6 is 11.6 Å². The van der Waals surface area contributed by atoms with Gasteiger partial charge in [0.1, 0.15) is 0 Å². The van der Waals surface area contributed by atoms with E-state index in [0.29, 0.717) is 30.1 Å². The van der Waals surface area contributed by atoms with E-state index in [-0.39, 0.29) is 23.0 Å². The number of hydrogen-bond acceptors (Lipinski definition) is 4. The highest BCUT2D eigenvalue weighted by Crippen LogP contribution is 2.27. The summed E-state index contributed by atoms with van der Waals surface area (Å²) in [4.78, 5) is 13.1. The van der Waals surface area contributed by atoms with E-state index in [1.807, 2.05) is 31.2 Å². The molecule has 2 heterocycles. The smallest absolute Gasteiger partial charge is 0.272 e. The Labute approximate surface area is 186 Å². The van der Waals surface area contributed by atoms with Crippen molar-refractivity contribution in [2.24, 2.45) is 7.05 Å². The third kappa shape index (κ3) is 4.37. The number of carbonyl (C=O) groups excluding carboxylic acids is 1. The third-order valence-corrected chi connectivity index (χ3v) is 7.52. The van der Waals surface area contributed by atoms with E-state index in [1.54, 1.807) is 23.9 Å². The molecule has 0 fully saturated rings. The molecule has 4 rings (SSSR count). The fraction of sp³-hybridized carbons (Fsp3) is 0.273. The molecule has 1 aliphatic heterocycles. The summed E-state index contributed by atoms with van der Waals surface area (Å²) in [6, 6.07) is 14.0. The van der Waals surface area contributed by atoms with Crippen LogP contribution in [0, 0.1) is 6.92 Å². The molecule has 31 heavy (non-hydrogen) atoms. The second-order valence-corrected chi connectivity index (χ2v) is 9.99. The number of amides is 1. The van der Waals surface area contributed by atoms with E-state index in [2.05, 4.69) is 10.4 Å². The van der Waals surface area contributed by atoms with Crippen LogP contribution in [0.4, 0.5) is 0 Å². The molecule has 1 N–H and O–H groups in total. The summed E-state index contributed by atoms with van der Waals surface area (Å²) in [7, 11) is -1.93. The molecule has 0 bridgehead atoms. The van der Waals surface area contributed by atoms with Crippen LogP contribution in [0.5, 0.6) is 0 Å². The largest absolute Gasteiger partial charge is 0.347 e. The first kappa shape index (κ1) is 21.5. The Hall–Kier alpha value is -2.68. The highest BCUT2D eigenvalue weighted by Gasteiger charge is 2.33. The Morgan fingerprint density at radius 1 is 1.19 bits per heavy atom. The number of nitrogens with one attached hydrogen (secondary N) is 1. The summed E-state index contributed by atoms with van der Waals surface area (Å²) >= 11 is 5.89. The van der Waals surface area contributed by atoms with Crippen molar-refractivity contribution in [1.29, 1.82) is 0 Å². The Morgan fingerprint density at radius 2 is 1.94 bits per heavy atom. The first-order chi connectivity index (χ1) is 14.8. The Morgan fingerprint density at radius 3 is 2.65 bits per heavy atom. The second-order valence-electron chi connectivity index (χ2n) is 7.61. The maximum absolute atomic E-state index is 13.1. The van der Waals surface area contributed by atoms with Gasteiger partial charge >= 0.3 is 0 Å². The molecule has 162 valence electrons. The van der Waals surface area contributed by atoms with Gasteiger partial charge in [-0.25, -0.2) is 8.42 Å². The Kier molecular flexibility index (Phi) is 5.88. The van der Waals surface area contributed by atoms with Crippen molar-refractivity contribution in [3.63, 3.8) is 0 Å². The van der Waals surface area contributed by atoms with Crippen LogP contribution in [0.2, 0.25) is 5.02 Å². The standard InChI is InChI=1S/C22H23ClN4O3S/c1-15-4-3-5-16(12-15)13-24-22(28)21-19-14-27(11-10-20(19)26(2)25-21)31(29,30)18-8-6-17(23)7-9-18/h3-9,12H,10-11,13-14H2,1-2H3,(H,24,28). The summed E-state index contributed by atoms with van der Waals surface area (Å²) in [5, 5.41) is 7.76. The zero-order chi connectivity index (χ0) is 22.2. The average Bonchev–Trinajstić information content (AvgIpc) is 3.08. The lowest BCUT2D eigenvalue weighted by Crippen LogP contribution is -2.37. The van der Waals surface area contributed by atoms with E-state index in [1.165, 1.54) is 16.4 Å². The van der Waals surface area contributed by atoms with E-state index < -0.39 is 10.0 Å². The summed E-state index contributed by atoms with van der Waals surface area (Å²) in [6.07, 6.45) is 0.483. The van der Waals surface area contributed by atoms with Gasteiger partial charge in [-0.1, -0.05) is 41.4 Å². The van der Waals surface area contributed by atoms with Crippen LogP contribution in [-0.2, 0) is 36.6 Å². The van der Waals surface area contributed by atoms with Crippen molar-refractivity contribution in [3.8, 4) is 0 Å². The van der Waals surface area contributed by atoms with Gasteiger partial charge in [-0.05, 0) is 36.8 Å². The second kappa shape index (κ2) is 8.45. The van der Waals surface area contributed by atoms with E-state index in [4.69, 9.17) is 11.6 Å². The van der Waals surface area contributed by atoms with Gasteiger partial charge in [0.25, 0.3) is 5.91 Å². The number of halogens is 1. The number of hydrogen-bond donors (Lipinski definition) is 1. The van der Waals surface area contributed by atoms with Gasteiger partial charge in [0.2, 0.25) is 10.0 Å². The lowest BCUT2D eigenvalue weighted by Gasteiger charge is -2.27. The van der Waals surface area contributed by atoms with Crippen LogP contribution in [-0.4, -0.2) is 35.0 Å². The molecule has 0 atom stereocenters. The molecule has 1 aromatic heterocycles. The number of carbonyl (C=O) groups is 1. The van der Waals surface area contributed by atoms with Crippen molar-refractivity contribution < 1.29 is 13.2 Å². The zero-order valence-corrected chi connectivity index (χ0v) is 18.9. The molecule has 2 aromatic carbocycles. The lowest BCUT2D eigenvalue weighted by atomic mass is 10.1. The predicted molar refractivity (Wildman–Crippen MR) is 118 cm³/mol. The minimum absolute atomic E-state index is 0.0985.